The zero-order valence-electron chi connectivity index (χ0n) is 8.72. The summed E-state index contributed by atoms with van der Waals surface area (Å²) in [7, 11) is 0. The summed E-state index contributed by atoms with van der Waals surface area (Å²) in [5, 5.41) is 8.93. The summed E-state index contributed by atoms with van der Waals surface area (Å²) in [6, 6.07) is 10.6. The second-order valence-electron chi connectivity index (χ2n) is 3.37. The van der Waals surface area contributed by atoms with E-state index in [1.807, 2.05) is 12.1 Å². The maximum Gasteiger partial charge on any atom is 0.195 e. The Kier molecular flexibility index (Phi) is 3.31. The van der Waals surface area contributed by atoms with Crippen LogP contribution in [0.15, 0.2) is 47.2 Å². The van der Waals surface area contributed by atoms with Crippen LogP contribution in [0.5, 0.6) is 0 Å². The van der Waals surface area contributed by atoms with Gasteiger partial charge in [0.25, 0.3) is 0 Å². The minimum absolute atomic E-state index is 0.198. The third-order valence-corrected chi connectivity index (χ3v) is 2.77. The van der Waals surface area contributed by atoms with Gasteiger partial charge in [-0.1, -0.05) is 28.1 Å². The lowest BCUT2D eigenvalue weighted by atomic mass is 10.0. The summed E-state index contributed by atoms with van der Waals surface area (Å²) in [6.45, 7) is 0. The number of hydrogen-bond acceptors (Lipinski definition) is 3. The third kappa shape index (κ3) is 2.40. The number of aromatic nitrogens is 1. The van der Waals surface area contributed by atoms with Crippen molar-refractivity contribution in [2.24, 2.45) is 0 Å². The lowest BCUT2D eigenvalue weighted by Crippen LogP contribution is -2.04. The number of nitrogens with zero attached hydrogens (tertiary/aromatic N) is 2. The van der Waals surface area contributed by atoms with Crippen molar-refractivity contribution >= 4 is 21.7 Å². The molecule has 1 aromatic heterocycles. The van der Waals surface area contributed by atoms with E-state index in [1.165, 1.54) is 18.5 Å². The van der Waals surface area contributed by atoms with Crippen LogP contribution in [0, 0.1) is 11.3 Å². The predicted molar refractivity (Wildman–Crippen MR) is 66.5 cm³/mol. The monoisotopic (exact) mass is 286 g/mol. The second kappa shape index (κ2) is 4.89. The molecular weight excluding hydrogens is 280 g/mol. The summed E-state index contributed by atoms with van der Waals surface area (Å²) in [4.78, 5) is 16.0. The highest BCUT2D eigenvalue weighted by molar-refractivity contribution is 9.10. The molecule has 0 aliphatic carbocycles. The lowest BCUT2D eigenvalue weighted by Gasteiger charge is -2.02. The first-order chi connectivity index (χ1) is 8.22. The van der Waals surface area contributed by atoms with E-state index < -0.39 is 0 Å². The molecule has 1 heterocycles. The van der Waals surface area contributed by atoms with Crippen molar-refractivity contribution in [3.05, 3.63) is 63.9 Å². The van der Waals surface area contributed by atoms with Gasteiger partial charge in [-0.05, 0) is 18.2 Å². The van der Waals surface area contributed by atoms with Gasteiger partial charge in [-0.25, -0.2) is 0 Å². The Morgan fingerprint density at radius 3 is 2.88 bits per heavy atom. The van der Waals surface area contributed by atoms with Gasteiger partial charge in [0.1, 0.15) is 6.07 Å². The largest absolute Gasteiger partial charge is 0.289 e. The summed E-state index contributed by atoms with van der Waals surface area (Å²) >= 11 is 3.31. The molecule has 1 aromatic carbocycles. The van der Waals surface area contributed by atoms with E-state index in [1.54, 1.807) is 18.2 Å². The van der Waals surface area contributed by atoms with Gasteiger partial charge in [0.2, 0.25) is 0 Å². The van der Waals surface area contributed by atoms with E-state index >= 15 is 0 Å². The Hall–Kier alpha value is -1.99. The van der Waals surface area contributed by atoms with Crippen molar-refractivity contribution in [2.75, 3.05) is 0 Å². The van der Waals surface area contributed by atoms with Crippen molar-refractivity contribution in [3.63, 3.8) is 0 Å². The summed E-state index contributed by atoms with van der Waals surface area (Å²) in [6.07, 6.45) is 2.91. The van der Waals surface area contributed by atoms with Crippen LogP contribution in [-0.4, -0.2) is 10.8 Å². The molecule has 0 saturated heterocycles. The molecular formula is C13H7BrN2O. The van der Waals surface area contributed by atoms with Crippen molar-refractivity contribution in [3.8, 4) is 6.07 Å². The van der Waals surface area contributed by atoms with Gasteiger partial charge in [0.15, 0.2) is 5.78 Å². The normalized spacial score (nSPS) is 9.65. The Balaban J connectivity index is 2.48. The summed E-state index contributed by atoms with van der Waals surface area (Å²) < 4.78 is 0.825. The first-order valence-electron chi connectivity index (χ1n) is 4.87. The zero-order valence-corrected chi connectivity index (χ0v) is 10.3. The van der Waals surface area contributed by atoms with Crippen molar-refractivity contribution in [1.82, 2.24) is 4.98 Å². The van der Waals surface area contributed by atoms with Gasteiger partial charge in [-0.15, -0.1) is 0 Å². The number of rotatable bonds is 2. The maximum atomic E-state index is 12.2. The minimum atomic E-state index is -0.198. The Morgan fingerprint density at radius 2 is 2.18 bits per heavy atom. The van der Waals surface area contributed by atoms with Crippen molar-refractivity contribution < 1.29 is 4.79 Å². The van der Waals surface area contributed by atoms with Gasteiger partial charge in [-0.3, -0.25) is 9.78 Å². The van der Waals surface area contributed by atoms with Gasteiger partial charge < -0.3 is 0 Å². The van der Waals surface area contributed by atoms with Crippen LogP contribution >= 0.6 is 15.9 Å². The fraction of sp³-hybridized carbons (Fsp3) is 0. The van der Waals surface area contributed by atoms with Crippen LogP contribution in [0.25, 0.3) is 0 Å². The molecule has 2 aromatic rings. The highest BCUT2D eigenvalue weighted by Crippen LogP contribution is 2.16. The number of hydrogen-bond donors (Lipinski definition) is 0. The SMILES string of the molecule is N#Cc1ccncc1C(=O)c1cccc(Br)c1. The van der Waals surface area contributed by atoms with Crippen LogP contribution < -0.4 is 0 Å². The number of benzene rings is 1. The molecule has 4 heteroatoms. The van der Waals surface area contributed by atoms with Gasteiger partial charge in [0, 0.05) is 22.4 Å². The topological polar surface area (TPSA) is 53.8 Å². The molecule has 3 nitrogen and oxygen atoms in total. The van der Waals surface area contributed by atoms with Crippen LogP contribution in [-0.2, 0) is 0 Å². The molecule has 0 amide bonds. The van der Waals surface area contributed by atoms with Crippen LogP contribution in [0.2, 0.25) is 0 Å². The Labute approximate surface area is 107 Å². The molecule has 0 saturated carbocycles. The maximum absolute atomic E-state index is 12.2. The second-order valence-corrected chi connectivity index (χ2v) is 4.29. The molecule has 0 unspecified atom stereocenters. The molecule has 0 radical (unpaired) electrons. The average Bonchev–Trinajstić information content (AvgIpc) is 2.38. The molecule has 2 rings (SSSR count). The van der Waals surface area contributed by atoms with Crippen LogP contribution in [0.4, 0.5) is 0 Å². The number of carbonyl (C=O) groups excluding carboxylic acids is 1. The molecule has 82 valence electrons. The van der Waals surface area contributed by atoms with Gasteiger partial charge >= 0.3 is 0 Å². The summed E-state index contributed by atoms with van der Waals surface area (Å²) in [5.74, 6) is -0.198. The number of halogens is 1. The van der Waals surface area contributed by atoms with Crippen LogP contribution in [0.3, 0.4) is 0 Å². The predicted octanol–water partition coefficient (Wildman–Crippen LogP) is 2.95. The number of carbonyl (C=O) groups is 1. The zero-order chi connectivity index (χ0) is 12.3. The molecule has 0 N–H and O–H groups in total. The quantitative estimate of drug-likeness (QED) is 0.798. The van der Waals surface area contributed by atoms with E-state index in [-0.39, 0.29) is 5.78 Å². The third-order valence-electron chi connectivity index (χ3n) is 2.27. The van der Waals surface area contributed by atoms with E-state index in [9.17, 15) is 4.79 Å². The summed E-state index contributed by atoms with van der Waals surface area (Å²) in [5.41, 5.74) is 1.20. The number of pyridine rings is 1. The van der Waals surface area contributed by atoms with Gasteiger partial charge in [0.05, 0.1) is 11.1 Å². The number of nitriles is 1. The van der Waals surface area contributed by atoms with Crippen molar-refractivity contribution in [2.45, 2.75) is 0 Å². The molecule has 0 fully saturated rings. The van der Waals surface area contributed by atoms with Crippen molar-refractivity contribution in [1.29, 1.82) is 5.26 Å². The first kappa shape index (κ1) is 11.5. The molecule has 0 atom stereocenters. The standard InChI is InChI=1S/C13H7BrN2O/c14-11-3-1-2-9(6-11)13(17)12-8-16-5-4-10(12)7-15/h1-6,8H. The van der Waals surface area contributed by atoms with E-state index in [0.717, 1.165) is 4.47 Å². The fourth-order valence-electron chi connectivity index (χ4n) is 1.46. The lowest BCUT2D eigenvalue weighted by molar-refractivity contribution is 0.103. The minimum Gasteiger partial charge on any atom is -0.289 e. The molecule has 0 bridgehead atoms. The first-order valence-corrected chi connectivity index (χ1v) is 5.66. The Bertz CT molecular complexity index is 617. The fourth-order valence-corrected chi connectivity index (χ4v) is 1.86. The van der Waals surface area contributed by atoms with E-state index in [2.05, 4.69) is 20.9 Å². The van der Waals surface area contributed by atoms with E-state index in [4.69, 9.17) is 5.26 Å². The highest BCUT2D eigenvalue weighted by atomic mass is 79.9. The number of ketones is 1. The van der Waals surface area contributed by atoms with E-state index in [0.29, 0.717) is 16.7 Å². The average molecular weight is 287 g/mol. The highest BCUT2D eigenvalue weighted by Gasteiger charge is 2.13. The smallest absolute Gasteiger partial charge is 0.195 e. The molecule has 0 spiro atoms. The molecule has 0 aliphatic heterocycles. The molecule has 0 aliphatic rings. The Morgan fingerprint density at radius 1 is 1.35 bits per heavy atom. The van der Waals surface area contributed by atoms with Crippen LogP contribution in [0.1, 0.15) is 21.5 Å². The molecule has 17 heavy (non-hydrogen) atoms. The van der Waals surface area contributed by atoms with Gasteiger partial charge in [-0.2, -0.15) is 5.26 Å².